The van der Waals surface area contributed by atoms with Crippen molar-refractivity contribution in [3.05, 3.63) is 50.4 Å². The summed E-state index contributed by atoms with van der Waals surface area (Å²) in [4.78, 5) is 1.28. The summed E-state index contributed by atoms with van der Waals surface area (Å²) in [5.74, 6) is -0.0388. The van der Waals surface area contributed by atoms with Gasteiger partial charge in [0.15, 0.2) is 11.6 Å². The molecule has 0 radical (unpaired) electrons. The molecule has 0 spiro atoms. The molecule has 5 heteroatoms. The molecule has 0 aliphatic rings. The van der Waals surface area contributed by atoms with Crippen LogP contribution in [0.2, 0.25) is 0 Å². The van der Waals surface area contributed by atoms with Gasteiger partial charge in [0.2, 0.25) is 0 Å². The van der Waals surface area contributed by atoms with Gasteiger partial charge in [0, 0.05) is 27.2 Å². The van der Waals surface area contributed by atoms with Crippen LogP contribution in [0.25, 0.3) is 0 Å². The van der Waals surface area contributed by atoms with E-state index in [1.165, 1.54) is 18.1 Å². The van der Waals surface area contributed by atoms with Crippen LogP contribution >= 0.6 is 27.3 Å². The SMILES string of the molecule is CCNC(Cc1cc(Br)cs1)c1ccc(F)c(OC)c1. The molecular formula is C15H17BrFNOS. The molecule has 0 saturated heterocycles. The van der Waals surface area contributed by atoms with E-state index in [0.717, 1.165) is 23.0 Å². The van der Waals surface area contributed by atoms with Crippen LogP contribution in [0.1, 0.15) is 23.4 Å². The summed E-state index contributed by atoms with van der Waals surface area (Å²) < 4.78 is 19.7. The Balaban J connectivity index is 2.23. The summed E-state index contributed by atoms with van der Waals surface area (Å²) >= 11 is 5.19. The topological polar surface area (TPSA) is 21.3 Å². The largest absolute Gasteiger partial charge is 0.494 e. The van der Waals surface area contributed by atoms with Crippen molar-refractivity contribution >= 4 is 27.3 Å². The molecule has 1 heterocycles. The fraction of sp³-hybridized carbons (Fsp3) is 0.333. The average molecular weight is 358 g/mol. The first kappa shape index (κ1) is 15.5. The fourth-order valence-electron chi connectivity index (χ4n) is 2.11. The van der Waals surface area contributed by atoms with Crippen molar-refractivity contribution in [3.8, 4) is 5.75 Å². The lowest BCUT2D eigenvalue weighted by Gasteiger charge is -2.18. The van der Waals surface area contributed by atoms with Crippen LogP contribution in [0, 0.1) is 5.82 Å². The van der Waals surface area contributed by atoms with Gasteiger partial charge in [0.05, 0.1) is 7.11 Å². The molecule has 1 unspecified atom stereocenters. The van der Waals surface area contributed by atoms with E-state index < -0.39 is 0 Å². The Labute approximate surface area is 131 Å². The van der Waals surface area contributed by atoms with Gasteiger partial charge in [-0.2, -0.15) is 0 Å². The molecule has 1 aromatic heterocycles. The van der Waals surface area contributed by atoms with Crippen LogP contribution in [0.15, 0.2) is 34.1 Å². The number of likely N-dealkylation sites (N-methyl/N-ethyl adjacent to an activating group) is 1. The van der Waals surface area contributed by atoms with Crippen molar-refractivity contribution in [1.82, 2.24) is 5.32 Å². The van der Waals surface area contributed by atoms with Gasteiger partial charge in [-0.1, -0.05) is 13.0 Å². The van der Waals surface area contributed by atoms with Crippen LogP contribution in [0.4, 0.5) is 4.39 Å². The van der Waals surface area contributed by atoms with E-state index in [0.29, 0.717) is 0 Å². The number of ether oxygens (including phenoxy) is 1. The maximum atomic E-state index is 13.5. The number of rotatable bonds is 6. The molecule has 0 amide bonds. The molecule has 0 aliphatic carbocycles. The van der Waals surface area contributed by atoms with Crippen molar-refractivity contribution in [2.45, 2.75) is 19.4 Å². The first-order valence-corrected chi connectivity index (χ1v) is 8.11. The highest BCUT2D eigenvalue weighted by Crippen LogP contribution is 2.28. The van der Waals surface area contributed by atoms with Gasteiger partial charge < -0.3 is 10.1 Å². The molecule has 0 fully saturated rings. The fourth-order valence-corrected chi connectivity index (χ4v) is 3.61. The zero-order valence-corrected chi connectivity index (χ0v) is 13.9. The summed E-state index contributed by atoms with van der Waals surface area (Å²) in [5, 5.41) is 5.51. The third-order valence-corrected chi connectivity index (χ3v) is 4.78. The van der Waals surface area contributed by atoms with Gasteiger partial charge in [-0.25, -0.2) is 4.39 Å². The third kappa shape index (κ3) is 3.81. The first-order chi connectivity index (χ1) is 9.63. The molecule has 108 valence electrons. The highest BCUT2D eigenvalue weighted by atomic mass is 79.9. The lowest BCUT2D eigenvalue weighted by atomic mass is 10.0. The highest BCUT2D eigenvalue weighted by Gasteiger charge is 2.15. The van der Waals surface area contributed by atoms with E-state index >= 15 is 0 Å². The Morgan fingerprint density at radius 2 is 2.20 bits per heavy atom. The third-order valence-electron chi connectivity index (χ3n) is 3.06. The Morgan fingerprint density at radius 3 is 2.80 bits per heavy atom. The van der Waals surface area contributed by atoms with E-state index in [1.54, 1.807) is 17.4 Å². The van der Waals surface area contributed by atoms with Gasteiger partial charge in [0.25, 0.3) is 0 Å². The maximum Gasteiger partial charge on any atom is 0.165 e. The quantitative estimate of drug-likeness (QED) is 0.818. The number of nitrogens with one attached hydrogen (secondary N) is 1. The van der Waals surface area contributed by atoms with E-state index in [9.17, 15) is 4.39 Å². The minimum atomic E-state index is -0.328. The van der Waals surface area contributed by atoms with Crippen LogP contribution in [-0.4, -0.2) is 13.7 Å². The van der Waals surface area contributed by atoms with Gasteiger partial charge >= 0.3 is 0 Å². The van der Waals surface area contributed by atoms with Gasteiger partial charge in [0.1, 0.15) is 0 Å². The number of benzene rings is 1. The van der Waals surface area contributed by atoms with E-state index in [2.05, 4.69) is 39.6 Å². The Hall–Kier alpha value is -0.910. The Kier molecular flexibility index (Phi) is 5.57. The summed E-state index contributed by atoms with van der Waals surface area (Å²) in [6, 6.07) is 7.32. The summed E-state index contributed by atoms with van der Waals surface area (Å²) in [5.41, 5.74) is 1.04. The van der Waals surface area contributed by atoms with Crippen LogP contribution in [-0.2, 0) is 6.42 Å². The summed E-state index contributed by atoms with van der Waals surface area (Å²) in [6.07, 6.45) is 0.874. The lowest BCUT2D eigenvalue weighted by Crippen LogP contribution is -2.22. The molecule has 2 nitrogen and oxygen atoms in total. The smallest absolute Gasteiger partial charge is 0.165 e. The number of hydrogen-bond donors (Lipinski definition) is 1. The van der Waals surface area contributed by atoms with Crippen LogP contribution in [0.5, 0.6) is 5.75 Å². The zero-order chi connectivity index (χ0) is 14.5. The highest BCUT2D eigenvalue weighted by molar-refractivity contribution is 9.10. The predicted molar refractivity (Wildman–Crippen MR) is 85.1 cm³/mol. The minimum absolute atomic E-state index is 0.153. The second kappa shape index (κ2) is 7.20. The van der Waals surface area contributed by atoms with Crippen LogP contribution < -0.4 is 10.1 Å². The second-order valence-electron chi connectivity index (χ2n) is 4.44. The molecule has 0 aliphatic heterocycles. The Morgan fingerprint density at radius 1 is 1.40 bits per heavy atom. The lowest BCUT2D eigenvalue weighted by molar-refractivity contribution is 0.384. The molecule has 1 aromatic carbocycles. The Bertz CT molecular complexity index is 573. The standard InChI is InChI=1S/C15H17BrFNOS/c1-3-18-14(8-12-7-11(16)9-20-12)10-4-5-13(17)15(6-10)19-2/h4-7,9,14,18H,3,8H2,1-2H3. The summed E-state index contributed by atoms with van der Waals surface area (Å²) in [6.45, 7) is 2.93. The van der Waals surface area contributed by atoms with E-state index in [1.807, 2.05) is 6.07 Å². The van der Waals surface area contributed by atoms with Crippen molar-refractivity contribution in [2.24, 2.45) is 0 Å². The van der Waals surface area contributed by atoms with E-state index in [-0.39, 0.29) is 17.6 Å². The van der Waals surface area contributed by atoms with Crippen molar-refractivity contribution in [2.75, 3.05) is 13.7 Å². The van der Waals surface area contributed by atoms with E-state index in [4.69, 9.17) is 4.74 Å². The van der Waals surface area contributed by atoms with Crippen molar-refractivity contribution in [3.63, 3.8) is 0 Å². The molecule has 2 rings (SSSR count). The van der Waals surface area contributed by atoms with Gasteiger partial charge in [-0.05, 0) is 46.2 Å². The molecule has 1 N–H and O–H groups in total. The molecule has 1 atom stereocenters. The number of halogens is 2. The molecule has 2 aromatic rings. The molecule has 0 bridgehead atoms. The normalized spacial score (nSPS) is 12.4. The van der Waals surface area contributed by atoms with Crippen LogP contribution in [0.3, 0.4) is 0 Å². The van der Waals surface area contributed by atoms with Gasteiger partial charge in [-0.15, -0.1) is 11.3 Å². The zero-order valence-electron chi connectivity index (χ0n) is 11.5. The monoisotopic (exact) mass is 357 g/mol. The van der Waals surface area contributed by atoms with Crippen molar-refractivity contribution < 1.29 is 9.13 Å². The maximum absolute atomic E-state index is 13.5. The summed E-state index contributed by atoms with van der Waals surface area (Å²) in [7, 11) is 1.49. The number of thiophene rings is 1. The number of hydrogen-bond acceptors (Lipinski definition) is 3. The number of methoxy groups -OCH3 is 1. The predicted octanol–water partition coefficient (Wildman–Crippen LogP) is 4.55. The van der Waals surface area contributed by atoms with Gasteiger partial charge in [-0.3, -0.25) is 0 Å². The van der Waals surface area contributed by atoms with Crippen molar-refractivity contribution in [1.29, 1.82) is 0 Å². The minimum Gasteiger partial charge on any atom is -0.494 e. The second-order valence-corrected chi connectivity index (χ2v) is 6.35. The first-order valence-electron chi connectivity index (χ1n) is 6.43. The molecular weight excluding hydrogens is 341 g/mol. The molecule has 20 heavy (non-hydrogen) atoms. The average Bonchev–Trinajstić information content (AvgIpc) is 2.84. The molecule has 0 saturated carbocycles.